The first-order valence-corrected chi connectivity index (χ1v) is 9.38. The Morgan fingerprint density at radius 2 is 1.96 bits per heavy atom. The van der Waals surface area contributed by atoms with E-state index in [1.54, 1.807) is 38.5 Å². The zero-order valence-corrected chi connectivity index (χ0v) is 16.5. The van der Waals surface area contributed by atoms with Crippen molar-refractivity contribution in [1.82, 2.24) is 4.90 Å². The number of benzene rings is 2. The van der Waals surface area contributed by atoms with E-state index in [0.717, 1.165) is 36.4 Å². The maximum atomic E-state index is 12.6. The maximum absolute atomic E-state index is 12.6. The third-order valence-corrected chi connectivity index (χ3v) is 5.06. The van der Waals surface area contributed by atoms with Crippen molar-refractivity contribution in [3.63, 3.8) is 0 Å². The van der Waals surface area contributed by atoms with Gasteiger partial charge in [-0.2, -0.15) is 0 Å². The molecule has 1 unspecified atom stereocenters. The molecule has 0 aromatic heterocycles. The average molecular weight is 382 g/mol. The van der Waals surface area contributed by atoms with Crippen LogP contribution in [0.5, 0.6) is 11.5 Å². The summed E-state index contributed by atoms with van der Waals surface area (Å²) in [5.74, 6) is 1.44. The standard InChI is InChI=1S/C22H26N2O4/c1-15(25)16-6-4-7-17(12-16)23-22(26)14-24-11-5-8-20(24)19-13-18(27-2)9-10-21(19)28-3/h4,6-7,9-10,12-13,20H,5,8,11,14H2,1-3H3,(H,23,26). The number of hydrogen-bond donors (Lipinski definition) is 1. The molecule has 1 aliphatic heterocycles. The van der Waals surface area contributed by atoms with Gasteiger partial charge in [-0.25, -0.2) is 0 Å². The molecule has 0 aliphatic carbocycles. The van der Waals surface area contributed by atoms with E-state index >= 15 is 0 Å². The molecule has 3 rings (SSSR count). The third kappa shape index (κ3) is 4.51. The van der Waals surface area contributed by atoms with Crippen molar-refractivity contribution in [2.75, 3.05) is 32.6 Å². The topological polar surface area (TPSA) is 67.9 Å². The van der Waals surface area contributed by atoms with Gasteiger partial charge < -0.3 is 14.8 Å². The molecule has 28 heavy (non-hydrogen) atoms. The quantitative estimate of drug-likeness (QED) is 0.740. The van der Waals surface area contributed by atoms with Gasteiger partial charge in [0, 0.05) is 22.9 Å². The Morgan fingerprint density at radius 3 is 2.68 bits per heavy atom. The molecule has 6 nitrogen and oxygen atoms in total. The van der Waals surface area contributed by atoms with Gasteiger partial charge in [0.05, 0.1) is 20.8 Å². The van der Waals surface area contributed by atoms with Gasteiger partial charge in [-0.15, -0.1) is 0 Å². The number of nitrogens with zero attached hydrogens (tertiary/aromatic N) is 1. The predicted octanol–water partition coefficient (Wildman–Crippen LogP) is 3.68. The molecule has 2 aromatic carbocycles. The number of nitrogens with one attached hydrogen (secondary N) is 1. The third-order valence-electron chi connectivity index (χ3n) is 5.06. The lowest BCUT2D eigenvalue weighted by atomic mass is 10.0. The fourth-order valence-corrected chi connectivity index (χ4v) is 3.67. The molecule has 148 valence electrons. The number of rotatable bonds is 7. The smallest absolute Gasteiger partial charge is 0.238 e. The predicted molar refractivity (Wildman–Crippen MR) is 108 cm³/mol. The molecule has 0 bridgehead atoms. The van der Waals surface area contributed by atoms with E-state index in [0.29, 0.717) is 11.3 Å². The summed E-state index contributed by atoms with van der Waals surface area (Å²) in [4.78, 5) is 26.3. The molecule has 0 spiro atoms. The number of likely N-dealkylation sites (tertiary alicyclic amines) is 1. The minimum Gasteiger partial charge on any atom is -0.497 e. The van der Waals surface area contributed by atoms with Gasteiger partial charge in [0.25, 0.3) is 0 Å². The Morgan fingerprint density at radius 1 is 1.14 bits per heavy atom. The van der Waals surface area contributed by atoms with Crippen LogP contribution in [-0.2, 0) is 4.79 Å². The van der Waals surface area contributed by atoms with Crippen LogP contribution in [0.2, 0.25) is 0 Å². The number of anilines is 1. The van der Waals surface area contributed by atoms with Gasteiger partial charge >= 0.3 is 0 Å². The lowest BCUT2D eigenvalue weighted by Gasteiger charge is -2.26. The summed E-state index contributed by atoms with van der Waals surface area (Å²) in [5.41, 5.74) is 2.25. The molecule has 1 saturated heterocycles. The van der Waals surface area contributed by atoms with Gasteiger partial charge in [-0.3, -0.25) is 14.5 Å². The molecule has 6 heteroatoms. The zero-order valence-electron chi connectivity index (χ0n) is 16.5. The van der Waals surface area contributed by atoms with Crippen LogP contribution >= 0.6 is 0 Å². The van der Waals surface area contributed by atoms with Gasteiger partial charge in [0.1, 0.15) is 11.5 Å². The first-order chi connectivity index (χ1) is 13.5. The number of hydrogen-bond acceptors (Lipinski definition) is 5. The highest BCUT2D eigenvalue weighted by Crippen LogP contribution is 2.38. The van der Waals surface area contributed by atoms with Crippen LogP contribution < -0.4 is 14.8 Å². The van der Waals surface area contributed by atoms with Crippen LogP contribution in [0.15, 0.2) is 42.5 Å². The zero-order chi connectivity index (χ0) is 20.1. The summed E-state index contributed by atoms with van der Waals surface area (Å²) in [6.45, 7) is 2.62. The van der Waals surface area contributed by atoms with Gasteiger partial charge in [-0.05, 0) is 56.6 Å². The van der Waals surface area contributed by atoms with E-state index in [2.05, 4.69) is 10.2 Å². The van der Waals surface area contributed by atoms with Crippen molar-refractivity contribution < 1.29 is 19.1 Å². The number of ketones is 1. The van der Waals surface area contributed by atoms with Crippen LogP contribution in [-0.4, -0.2) is 43.9 Å². The molecule has 1 atom stereocenters. The lowest BCUT2D eigenvalue weighted by molar-refractivity contribution is -0.117. The molecular weight excluding hydrogens is 356 g/mol. The van der Waals surface area contributed by atoms with Crippen molar-refractivity contribution in [3.05, 3.63) is 53.6 Å². The summed E-state index contributed by atoms with van der Waals surface area (Å²) >= 11 is 0. The van der Waals surface area contributed by atoms with E-state index in [9.17, 15) is 9.59 Å². The molecule has 1 N–H and O–H groups in total. The number of Topliss-reactive ketones (excluding diaryl/α,β-unsaturated/α-hetero) is 1. The van der Waals surface area contributed by atoms with Crippen molar-refractivity contribution in [2.45, 2.75) is 25.8 Å². The van der Waals surface area contributed by atoms with Crippen LogP contribution in [0, 0.1) is 0 Å². The Bertz CT molecular complexity index is 865. The Balaban J connectivity index is 1.72. The first kappa shape index (κ1) is 19.9. The summed E-state index contributed by atoms with van der Waals surface area (Å²) in [5, 5.41) is 2.90. The lowest BCUT2D eigenvalue weighted by Crippen LogP contribution is -2.33. The Kier molecular flexibility index (Phi) is 6.31. The Labute approximate surface area is 165 Å². The second-order valence-corrected chi connectivity index (χ2v) is 6.92. The normalized spacial score (nSPS) is 16.6. The molecule has 0 saturated carbocycles. The number of carbonyl (C=O) groups is 2. The molecular formula is C22H26N2O4. The maximum Gasteiger partial charge on any atom is 0.238 e. The van der Waals surface area contributed by atoms with E-state index in [4.69, 9.17) is 9.47 Å². The molecule has 1 aliphatic rings. The molecule has 1 amide bonds. The SMILES string of the molecule is COc1ccc(OC)c(C2CCCN2CC(=O)Nc2cccc(C(C)=O)c2)c1. The van der Waals surface area contributed by atoms with Crippen molar-refractivity contribution in [2.24, 2.45) is 0 Å². The van der Waals surface area contributed by atoms with E-state index in [1.807, 2.05) is 18.2 Å². The molecule has 2 aromatic rings. The number of carbonyl (C=O) groups excluding carboxylic acids is 2. The van der Waals surface area contributed by atoms with Crippen LogP contribution in [0.3, 0.4) is 0 Å². The van der Waals surface area contributed by atoms with E-state index < -0.39 is 0 Å². The highest BCUT2D eigenvalue weighted by Gasteiger charge is 2.30. The van der Waals surface area contributed by atoms with Gasteiger partial charge in [0.2, 0.25) is 5.91 Å². The van der Waals surface area contributed by atoms with E-state index in [1.165, 1.54) is 6.92 Å². The summed E-state index contributed by atoms with van der Waals surface area (Å²) in [6, 6.07) is 12.9. The number of ether oxygens (including phenoxy) is 2. The minimum absolute atomic E-state index is 0.0270. The second-order valence-electron chi connectivity index (χ2n) is 6.92. The highest BCUT2D eigenvalue weighted by atomic mass is 16.5. The molecule has 1 heterocycles. The van der Waals surface area contributed by atoms with Crippen LogP contribution in [0.1, 0.15) is 41.7 Å². The molecule has 1 fully saturated rings. The number of amides is 1. The monoisotopic (exact) mass is 382 g/mol. The first-order valence-electron chi connectivity index (χ1n) is 9.38. The Hall–Kier alpha value is -2.86. The van der Waals surface area contributed by atoms with Crippen molar-refractivity contribution in [3.8, 4) is 11.5 Å². The van der Waals surface area contributed by atoms with Crippen LogP contribution in [0.4, 0.5) is 5.69 Å². The molecule has 0 radical (unpaired) electrons. The number of methoxy groups -OCH3 is 2. The summed E-state index contributed by atoms with van der Waals surface area (Å²) in [6.07, 6.45) is 1.97. The van der Waals surface area contributed by atoms with E-state index in [-0.39, 0.29) is 24.3 Å². The highest BCUT2D eigenvalue weighted by molar-refractivity contribution is 5.97. The fraction of sp³-hybridized carbons (Fsp3) is 0.364. The van der Waals surface area contributed by atoms with Crippen molar-refractivity contribution >= 4 is 17.4 Å². The van der Waals surface area contributed by atoms with Crippen LogP contribution in [0.25, 0.3) is 0 Å². The summed E-state index contributed by atoms with van der Waals surface area (Å²) < 4.78 is 10.9. The fourth-order valence-electron chi connectivity index (χ4n) is 3.67. The largest absolute Gasteiger partial charge is 0.497 e. The second kappa shape index (κ2) is 8.89. The van der Waals surface area contributed by atoms with Gasteiger partial charge in [0.15, 0.2) is 5.78 Å². The van der Waals surface area contributed by atoms with Gasteiger partial charge in [-0.1, -0.05) is 12.1 Å². The van der Waals surface area contributed by atoms with Crippen molar-refractivity contribution in [1.29, 1.82) is 0 Å². The summed E-state index contributed by atoms with van der Waals surface area (Å²) in [7, 11) is 3.29. The minimum atomic E-state index is -0.102. The average Bonchev–Trinajstić information content (AvgIpc) is 3.15.